The molecule has 6 heteroatoms. The molecule has 2 N–H and O–H groups in total. The minimum Gasteiger partial charge on any atom is -0.396 e. The van der Waals surface area contributed by atoms with Crippen LogP contribution in [-0.4, -0.2) is 23.4 Å². The van der Waals surface area contributed by atoms with Gasteiger partial charge in [0.1, 0.15) is 0 Å². The molecule has 0 aliphatic heterocycles. The standard InChI is InChI=1S/C28H40O4S2/c1-27(2,19-29)13-7-5-9-23-15-21(31)17-25(33-23)11-12-26-18-22(32)16-24(34-26)10-6-8-14-28(3,4)20-30/h11-12,15-18,29-30H,5-10,13-14,19-20H2,1-4H3/b12-11-. The molecule has 0 amide bonds. The highest BCUT2D eigenvalue weighted by Crippen LogP contribution is 2.25. The lowest BCUT2D eigenvalue weighted by molar-refractivity contribution is 0.147. The van der Waals surface area contributed by atoms with E-state index in [4.69, 9.17) is 0 Å². The van der Waals surface area contributed by atoms with Crippen molar-refractivity contribution in [2.75, 3.05) is 13.2 Å². The lowest BCUT2D eigenvalue weighted by Crippen LogP contribution is -2.16. The Kier molecular flexibility index (Phi) is 11.4. The summed E-state index contributed by atoms with van der Waals surface area (Å²) in [6.45, 7) is 8.65. The van der Waals surface area contributed by atoms with Gasteiger partial charge >= 0.3 is 0 Å². The Labute approximate surface area is 212 Å². The molecule has 188 valence electrons. The zero-order valence-corrected chi connectivity index (χ0v) is 22.7. The molecule has 2 rings (SSSR count). The van der Waals surface area contributed by atoms with Gasteiger partial charge in [-0.25, -0.2) is 0 Å². The fourth-order valence-corrected chi connectivity index (χ4v) is 5.71. The summed E-state index contributed by atoms with van der Waals surface area (Å²) in [5.74, 6) is 0. The highest BCUT2D eigenvalue weighted by Gasteiger charge is 2.16. The van der Waals surface area contributed by atoms with Crippen LogP contribution in [0.4, 0.5) is 0 Å². The van der Waals surface area contributed by atoms with E-state index in [1.807, 2.05) is 12.2 Å². The largest absolute Gasteiger partial charge is 0.396 e. The van der Waals surface area contributed by atoms with E-state index < -0.39 is 0 Å². The Balaban J connectivity index is 1.99. The maximum absolute atomic E-state index is 12.2. The third kappa shape index (κ3) is 10.8. The van der Waals surface area contributed by atoms with Crippen molar-refractivity contribution in [2.24, 2.45) is 10.8 Å². The summed E-state index contributed by atoms with van der Waals surface area (Å²) in [5.41, 5.74) is -0.0816. The van der Waals surface area contributed by atoms with Crippen LogP contribution in [-0.2, 0) is 12.8 Å². The summed E-state index contributed by atoms with van der Waals surface area (Å²) >= 11 is 3.24. The lowest BCUT2D eigenvalue weighted by atomic mass is 9.88. The van der Waals surface area contributed by atoms with Crippen LogP contribution in [0, 0.1) is 10.8 Å². The van der Waals surface area contributed by atoms with E-state index >= 15 is 0 Å². The van der Waals surface area contributed by atoms with Crippen LogP contribution in [0.25, 0.3) is 12.2 Å². The van der Waals surface area contributed by atoms with E-state index in [1.165, 1.54) is 0 Å². The second-order valence-electron chi connectivity index (χ2n) is 10.7. The molecule has 0 atom stereocenters. The molecule has 0 saturated carbocycles. The number of hydrogen-bond donors (Lipinski definition) is 2. The first-order valence-corrected chi connectivity index (χ1v) is 13.8. The average Bonchev–Trinajstić information content (AvgIpc) is 2.78. The van der Waals surface area contributed by atoms with Gasteiger partial charge in [0.05, 0.1) is 0 Å². The van der Waals surface area contributed by atoms with E-state index in [1.54, 1.807) is 46.9 Å². The normalized spacial score (nSPS) is 12.5. The summed E-state index contributed by atoms with van der Waals surface area (Å²) < 4.78 is 0. The smallest absolute Gasteiger partial charge is 0.181 e. The zero-order valence-electron chi connectivity index (χ0n) is 21.1. The molecular formula is C28H40O4S2. The van der Waals surface area contributed by atoms with E-state index in [9.17, 15) is 19.8 Å². The molecule has 0 spiro atoms. The zero-order chi connectivity index (χ0) is 25.2. The number of hydrogen-bond acceptors (Lipinski definition) is 6. The molecule has 34 heavy (non-hydrogen) atoms. The summed E-state index contributed by atoms with van der Waals surface area (Å²) in [5, 5.41) is 18.8. The quantitative estimate of drug-likeness (QED) is 0.302. The van der Waals surface area contributed by atoms with E-state index in [0.29, 0.717) is 0 Å². The average molecular weight is 505 g/mol. The van der Waals surface area contributed by atoms with Crippen molar-refractivity contribution in [3.8, 4) is 0 Å². The fraction of sp³-hybridized carbons (Fsp3) is 0.571. The number of unbranched alkanes of at least 4 members (excludes halogenated alkanes) is 2. The van der Waals surface area contributed by atoms with Gasteiger partial charge in [-0.15, -0.1) is 22.7 Å². The highest BCUT2D eigenvalue weighted by molar-refractivity contribution is 7.13. The van der Waals surface area contributed by atoms with Crippen LogP contribution in [0.3, 0.4) is 0 Å². The number of aliphatic hydroxyl groups is 2. The minimum absolute atomic E-state index is 0.0110. The van der Waals surface area contributed by atoms with Crippen molar-refractivity contribution < 1.29 is 10.2 Å². The Hall–Kier alpha value is -1.60. The van der Waals surface area contributed by atoms with Gasteiger partial charge in [0.25, 0.3) is 0 Å². The molecule has 2 heterocycles. The Morgan fingerprint density at radius 1 is 0.676 bits per heavy atom. The van der Waals surface area contributed by atoms with Gasteiger partial charge in [-0.05, 0) is 73.6 Å². The molecule has 0 unspecified atom stereocenters. The first-order chi connectivity index (χ1) is 16.0. The molecule has 2 aromatic rings. The second-order valence-corrected chi connectivity index (χ2v) is 13.1. The first-order valence-electron chi connectivity index (χ1n) is 12.2. The lowest BCUT2D eigenvalue weighted by Gasteiger charge is -2.20. The fourth-order valence-electron chi connectivity index (χ4n) is 3.64. The highest BCUT2D eigenvalue weighted by atomic mass is 32.1. The van der Waals surface area contributed by atoms with Crippen molar-refractivity contribution in [3.05, 3.63) is 64.2 Å². The second kappa shape index (κ2) is 13.5. The Morgan fingerprint density at radius 2 is 1.06 bits per heavy atom. The third-order valence-corrected chi connectivity index (χ3v) is 8.14. The van der Waals surface area contributed by atoms with Gasteiger partial charge in [0.15, 0.2) is 10.9 Å². The predicted molar refractivity (Wildman–Crippen MR) is 147 cm³/mol. The van der Waals surface area contributed by atoms with Gasteiger partial charge in [0.2, 0.25) is 0 Å². The van der Waals surface area contributed by atoms with Crippen molar-refractivity contribution in [2.45, 2.75) is 79.1 Å². The third-order valence-electron chi connectivity index (χ3n) is 5.99. The SMILES string of the molecule is CC(C)(CO)CCCCc1cc(=O)cc(/C=C\c2cc(=O)cc(CCCCC(C)(C)CO)s2)s1. The first kappa shape index (κ1) is 28.6. The monoisotopic (exact) mass is 504 g/mol. The van der Waals surface area contributed by atoms with Gasteiger partial charge in [-0.3, -0.25) is 9.59 Å². The van der Waals surface area contributed by atoms with Crippen LogP contribution in [0.2, 0.25) is 0 Å². The topological polar surface area (TPSA) is 74.6 Å². The van der Waals surface area contributed by atoms with Crippen LogP contribution in [0.15, 0.2) is 33.9 Å². The summed E-state index contributed by atoms with van der Waals surface area (Å²) in [7, 11) is 0. The molecule has 2 aromatic heterocycles. The van der Waals surface area contributed by atoms with Crippen LogP contribution >= 0.6 is 22.7 Å². The number of rotatable bonds is 14. The molecular weight excluding hydrogens is 464 g/mol. The van der Waals surface area contributed by atoms with E-state index in [0.717, 1.165) is 70.9 Å². The predicted octanol–water partition coefficient (Wildman–Crippen LogP) is 6.16. The summed E-state index contributed by atoms with van der Waals surface area (Å²) in [4.78, 5) is 28.3. The molecule has 4 nitrogen and oxygen atoms in total. The molecule has 0 aliphatic rings. The molecule has 0 saturated heterocycles. The Morgan fingerprint density at radius 3 is 1.41 bits per heavy atom. The molecule has 0 fully saturated rings. The van der Waals surface area contributed by atoms with Gasteiger partial charge in [-0.1, -0.05) is 40.5 Å². The molecule has 0 aromatic carbocycles. The van der Waals surface area contributed by atoms with Crippen molar-refractivity contribution in [1.29, 1.82) is 0 Å². The van der Waals surface area contributed by atoms with Crippen LogP contribution < -0.4 is 10.9 Å². The Bertz CT molecular complexity index is 963. The van der Waals surface area contributed by atoms with Crippen LogP contribution in [0.5, 0.6) is 0 Å². The van der Waals surface area contributed by atoms with E-state index in [2.05, 4.69) is 27.7 Å². The minimum atomic E-state index is -0.0517. The van der Waals surface area contributed by atoms with Crippen molar-refractivity contribution in [1.82, 2.24) is 0 Å². The molecule has 0 radical (unpaired) electrons. The molecule has 0 bridgehead atoms. The van der Waals surface area contributed by atoms with Crippen molar-refractivity contribution >= 4 is 34.8 Å². The number of aryl methyl sites for hydroxylation is 2. The maximum atomic E-state index is 12.2. The van der Waals surface area contributed by atoms with Gasteiger partial charge in [0, 0.05) is 44.9 Å². The summed E-state index contributed by atoms with van der Waals surface area (Å²) in [6, 6.07) is 6.73. The summed E-state index contributed by atoms with van der Waals surface area (Å²) in [6.07, 6.45) is 11.5. The molecule has 0 aliphatic carbocycles. The van der Waals surface area contributed by atoms with Crippen LogP contribution in [0.1, 0.15) is 85.7 Å². The van der Waals surface area contributed by atoms with Gasteiger partial charge < -0.3 is 10.2 Å². The van der Waals surface area contributed by atoms with Gasteiger partial charge in [-0.2, -0.15) is 0 Å². The maximum Gasteiger partial charge on any atom is 0.181 e. The number of aliphatic hydroxyl groups excluding tert-OH is 2. The van der Waals surface area contributed by atoms with E-state index in [-0.39, 0.29) is 34.9 Å². The van der Waals surface area contributed by atoms with Crippen molar-refractivity contribution in [3.63, 3.8) is 0 Å².